The van der Waals surface area contributed by atoms with Crippen molar-refractivity contribution in [1.29, 1.82) is 0 Å². The van der Waals surface area contributed by atoms with Gasteiger partial charge in [-0.05, 0) is 38.7 Å². The molecule has 144 valence electrons. The highest BCUT2D eigenvalue weighted by Crippen LogP contribution is 2.22. The Morgan fingerprint density at radius 1 is 1.23 bits per heavy atom. The van der Waals surface area contributed by atoms with Gasteiger partial charge >= 0.3 is 0 Å². The first-order valence-electron chi connectivity index (χ1n) is 9.34. The van der Waals surface area contributed by atoms with Gasteiger partial charge in [0.1, 0.15) is 11.5 Å². The lowest BCUT2D eigenvalue weighted by Gasteiger charge is -2.37. The summed E-state index contributed by atoms with van der Waals surface area (Å²) in [5, 5.41) is 9.23. The molecule has 1 atom stereocenters. The Bertz CT molecular complexity index is 648. The number of furan rings is 1. The molecule has 3 rings (SSSR count). The Balaban J connectivity index is 1.64. The first kappa shape index (κ1) is 18.9. The normalized spacial score (nSPS) is 21.9. The van der Waals surface area contributed by atoms with Gasteiger partial charge in [-0.1, -0.05) is 0 Å². The molecule has 2 fully saturated rings. The first-order valence-corrected chi connectivity index (χ1v) is 9.34. The van der Waals surface area contributed by atoms with Crippen molar-refractivity contribution in [3.63, 3.8) is 0 Å². The number of aliphatic hydroxyl groups excluding tert-OH is 1. The summed E-state index contributed by atoms with van der Waals surface area (Å²) in [6, 6.07) is 1.50. The van der Waals surface area contributed by atoms with Crippen LogP contribution >= 0.6 is 0 Å². The standard InChI is InChI=1S/C19H28N2O5/c1-13-9-17(14(2)26-13)19(24)21-7-8-25-12-16(21)10-18(23)20-5-3-15(11-22)4-6-20/h9,15-16,22H,3-8,10-12H2,1-2H3. The minimum atomic E-state index is -0.256. The molecule has 0 bridgehead atoms. The van der Waals surface area contributed by atoms with Gasteiger partial charge in [0.2, 0.25) is 5.91 Å². The number of aryl methyl sites for hydroxylation is 2. The summed E-state index contributed by atoms with van der Waals surface area (Å²) in [7, 11) is 0. The highest BCUT2D eigenvalue weighted by atomic mass is 16.5. The highest BCUT2D eigenvalue weighted by molar-refractivity contribution is 5.96. The molecule has 0 aromatic carbocycles. The highest BCUT2D eigenvalue weighted by Gasteiger charge is 2.33. The number of morpholine rings is 1. The van der Waals surface area contributed by atoms with Gasteiger partial charge < -0.3 is 24.1 Å². The van der Waals surface area contributed by atoms with Crippen LogP contribution in [-0.4, -0.2) is 72.2 Å². The van der Waals surface area contributed by atoms with E-state index in [9.17, 15) is 14.7 Å². The fourth-order valence-electron chi connectivity index (χ4n) is 3.78. The summed E-state index contributed by atoms with van der Waals surface area (Å²) in [6.45, 7) is 6.47. The largest absolute Gasteiger partial charge is 0.466 e. The molecular formula is C19H28N2O5. The Labute approximate surface area is 153 Å². The number of rotatable bonds is 4. The third-order valence-corrected chi connectivity index (χ3v) is 5.40. The lowest BCUT2D eigenvalue weighted by molar-refractivity contribution is -0.135. The Hall–Kier alpha value is -1.86. The SMILES string of the molecule is Cc1cc(C(=O)N2CCOCC2CC(=O)N2CCC(CO)CC2)c(C)o1. The number of piperidine rings is 1. The summed E-state index contributed by atoms with van der Waals surface area (Å²) >= 11 is 0. The van der Waals surface area contributed by atoms with Crippen LogP contribution in [0.25, 0.3) is 0 Å². The fourth-order valence-corrected chi connectivity index (χ4v) is 3.78. The maximum Gasteiger partial charge on any atom is 0.257 e. The third-order valence-electron chi connectivity index (χ3n) is 5.40. The van der Waals surface area contributed by atoms with Crippen molar-refractivity contribution in [3.05, 3.63) is 23.2 Å². The van der Waals surface area contributed by atoms with E-state index in [1.807, 2.05) is 11.8 Å². The molecule has 7 nitrogen and oxygen atoms in total. The summed E-state index contributed by atoms with van der Waals surface area (Å²) in [5.41, 5.74) is 0.561. The molecule has 0 spiro atoms. The van der Waals surface area contributed by atoms with Crippen molar-refractivity contribution in [3.8, 4) is 0 Å². The number of aliphatic hydroxyl groups is 1. The number of hydrogen-bond donors (Lipinski definition) is 1. The zero-order valence-corrected chi connectivity index (χ0v) is 15.6. The van der Waals surface area contributed by atoms with Crippen LogP contribution in [-0.2, 0) is 9.53 Å². The molecule has 2 saturated heterocycles. The zero-order chi connectivity index (χ0) is 18.7. The van der Waals surface area contributed by atoms with Crippen molar-refractivity contribution < 1.29 is 23.8 Å². The molecular weight excluding hydrogens is 336 g/mol. The Morgan fingerprint density at radius 2 is 1.96 bits per heavy atom. The summed E-state index contributed by atoms with van der Waals surface area (Å²) < 4.78 is 11.0. The van der Waals surface area contributed by atoms with Crippen LogP contribution in [0, 0.1) is 19.8 Å². The van der Waals surface area contributed by atoms with Crippen molar-refractivity contribution in [2.75, 3.05) is 39.5 Å². The molecule has 1 unspecified atom stereocenters. The number of hydrogen-bond acceptors (Lipinski definition) is 5. The predicted molar refractivity (Wildman–Crippen MR) is 94.8 cm³/mol. The second-order valence-electron chi connectivity index (χ2n) is 7.27. The van der Waals surface area contributed by atoms with Crippen LogP contribution in [0.15, 0.2) is 10.5 Å². The number of carbonyl (C=O) groups excluding carboxylic acids is 2. The second kappa shape index (κ2) is 8.22. The van der Waals surface area contributed by atoms with Crippen LogP contribution in [0.1, 0.15) is 41.1 Å². The second-order valence-corrected chi connectivity index (χ2v) is 7.27. The number of carbonyl (C=O) groups is 2. The van der Waals surface area contributed by atoms with E-state index in [4.69, 9.17) is 9.15 Å². The van der Waals surface area contributed by atoms with Crippen LogP contribution in [0.5, 0.6) is 0 Å². The van der Waals surface area contributed by atoms with E-state index in [-0.39, 0.29) is 30.9 Å². The van der Waals surface area contributed by atoms with Crippen molar-refractivity contribution >= 4 is 11.8 Å². The summed E-state index contributed by atoms with van der Waals surface area (Å²) in [5.74, 6) is 1.56. The smallest absolute Gasteiger partial charge is 0.257 e. The number of likely N-dealkylation sites (tertiary alicyclic amines) is 1. The molecule has 7 heteroatoms. The lowest BCUT2D eigenvalue weighted by Crippen LogP contribution is -2.51. The van der Waals surface area contributed by atoms with Crippen molar-refractivity contribution in [1.82, 2.24) is 9.80 Å². The summed E-state index contributed by atoms with van der Waals surface area (Å²) in [4.78, 5) is 29.2. The molecule has 0 radical (unpaired) electrons. The fraction of sp³-hybridized carbons (Fsp3) is 0.684. The van der Waals surface area contributed by atoms with E-state index in [0.717, 1.165) is 12.8 Å². The molecule has 1 aromatic heterocycles. The maximum atomic E-state index is 12.9. The molecule has 0 saturated carbocycles. The average Bonchev–Trinajstić information content (AvgIpc) is 3.00. The number of amides is 2. The van der Waals surface area contributed by atoms with Gasteiger partial charge in [0, 0.05) is 32.7 Å². The van der Waals surface area contributed by atoms with Gasteiger partial charge in [-0.2, -0.15) is 0 Å². The topological polar surface area (TPSA) is 83.2 Å². The average molecular weight is 364 g/mol. The van der Waals surface area contributed by atoms with E-state index in [0.29, 0.717) is 55.8 Å². The minimum absolute atomic E-state index is 0.0507. The van der Waals surface area contributed by atoms with E-state index < -0.39 is 0 Å². The molecule has 1 aromatic rings. The van der Waals surface area contributed by atoms with Crippen LogP contribution in [0.4, 0.5) is 0 Å². The predicted octanol–water partition coefficient (Wildman–Crippen LogP) is 1.36. The van der Waals surface area contributed by atoms with Crippen LogP contribution in [0.2, 0.25) is 0 Å². The molecule has 2 aliphatic heterocycles. The van der Waals surface area contributed by atoms with Gasteiger partial charge in [0.25, 0.3) is 5.91 Å². The molecule has 3 heterocycles. The van der Waals surface area contributed by atoms with Crippen LogP contribution < -0.4 is 0 Å². The quantitative estimate of drug-likeness (QED) is 0.872. The number of nitrogens with zero attached hydrogens (tertiary/aromatic N) is 2. The van der Waals surface area contributed by atoms with Gasteiger partial charge in [-0.3, -0.25) is 9.59 Å². The Morgan fingerprint density at radius 3 is 2.58 bits per heavy atom. The Kier molecular flexibility index (Phi) is 5.98. The first-order chi connectivity index (χ1) is 12.5. The van der Waals surface area contributed by atoms with Gasteiger partial charge in [0.05, 0.1) is 24.8 Å². The van der Waals surface area contributed by atoms with E-state index in [1.165, 1.54) is 0 Å². The summed E-state index contributed by atoms with van der Waals surface area (Å²) in [6.07, 6.45) is 1.94. The van der Waals surface area contributed by atoms with E-state index in [2.05, 4.69) is 0 Å². The zero-order valence-electron chi connectivity index (χ0n) is 15.6. The number of ether oxygens (including phenoxy) is 1. The minimum Gasteiger partial charge on any atom is -0.466 e. The third kappa shape index (κ3) is 4.10. The van der Waals surface area contributed by atoms with Gasteiger partial charge in [0.15, 0.2) is 0 Å². The van der Waals surface area contributed by atoms with Crippen LogP contribution in [0.3, 0.4) is 0 Å². The molecule has 1 N–H and O–H groups in total. The lowest BCUT2D eigenvalue weighted by atomic mass is 9.97. The molecule has 2 amide bonds. The van der Waals surface area contributed by atoms with Crippen molar-refractivity contribution in [2.45, 2.75) is 39.2 Å². The van der Waals surface area contributed by atoms with Crippen molar-refractivity contribution in [2.24, 2.45) is 5.92 Å². The van der Waals surface area contributed by atoms with Gasteiger partial charge in [-0.15, -0.1) is 0 Å². The molecule has 0 aliphatic carbocycles. The molecule has 2 aliphatic rings. The van der Waals surface area contributed by atoms with E-state index in [1.54, 1.807) is 17.9 Å². The van der Waals surface area contributed by atoms with Gasteiger partial charge in [-0.25, -0.2) is 0 Å². The molecule has 26 heavy (non-hydrogen) atoms. The maximum absolute atomic E-state index is 12.9. The van der Waals surface area contributed by atoms with E-state index >= 15 is 0 Å². The monoisotopic (exact) mass is 364 g/mol.